The number of rotatable bonds is 6. The van der Waals surface area contributed by atoms with Gasteiger partial charge in [0.25, 0.3) is 11.8 Å². The molecule has 3 aromatic rings. The lowest BCUT2D eigenvalue weighted by atomic mass is 9.98. The zero-order chi connectivity index (χ0) is 21.8. The molecule has 158 valence electrons. The molecule has 31 heavy (non-hydrogen) atoms. The Labute approximate surface area is 180 Å². The van der Waals surface area contributed by atoms with Crippen LogP contribution in [0.5, 0.6) is 5.75 Å². The van der Waals surface area contributed by atoms with Gasteiger partial charge >= 0.3 is 0 Å². The van der Waals surface area contributed by atoms with Gasteiger partial charge in [-0.3, -0.25) is 9.59 Å². The highest BCUT2D eigenvalue weighted by atomic mass is 16.5. The van der Waals surface area contributed by atoms with Crippen molar-refractivity contribution in [1.29, 1.82) is 0 Å². The van der Waals surface area contributed by atoms with Crippen LogP contribution >= 0.6 is 0 Å². The lowest BCUT2D eigenvalue weighted by Gasteiger charge is -2.24. The number of hydrogen-bond acceptors (Lipinski definition) is 5. The third kappa shape index (κ3) is 4.35. The van der Waals surface area contributed by atoms with E-state index in [0.717, 1.165) is 22.6 Å². The molecule has 0 bridgehead atoms. The van der Waals surface area contributed by atoms with E-state index in [9.17, 15) is 9.59 Å². The second-order valence-electron chi connectivity index (χ2n) is 7.29. The molecule has 0 N–H and O–H groups in total. The van der Waals surface area contributed by atoms with Crippen LogP contribution in [0.4, 0.5) is 0 Å². The molecule has 1 aliphatic heterocycles. The molecule has 0 fully saturated rings. The van der Waals surface area contributed by atoms with Crippen LogP contribution < -0.4 is 4.74 Å². The maximum Gasteiger partial charge on any atom is 0.289 e. The molecule has 0 radical (unpaired) electrons. The molecule has 2 amide bonds. The Bertz CT molecular complexity index is 1090. The van der Waals surface area contributed by atoms with Crippen molar-refractivity contribution in [2.75, 3.05) is 20.7 Å². The Morgan fingerprint density at radius 1 is 1.13 bits per heavy atom. The van der Waals surface area contributed by atoms with Gasteiger partial charge in [0.05, 0.1) is 25.1 Å². The van der Waals surface area contributed by atoms with E-state index >= 15 is 0 Å². The first kappa shape index (κ1) is 20.4. The van der Waals surface area contributed by atoms with Crippen LogP contribution in [0.2, 0.25) is 0 Å². The summed E-state index contributed by atoms with van der Waals surface area (Å²) in [6, 6.07) is 20.4. The first-order valence-corrected chi connectivity index (χ1v) is 9.94. The number of carbonyl (C=O) groups is 2. The van der Waals surface area contributed by atoms with E-state index < -0.39 is 0 Å². The molecule has 2 aromatic carbocycles. The minimum absolute atomic E-state index is 0.113. The Balaban J connectivity index is 1.60. The standard InChI is InChI=1S/C24H23N3O4/c1-26(24(29)22-12-7-13-31-22)16-23(28)27-21(17-8-4-3-5-9-17)15-20(25-27)18-10-6-11-19(14-18)30-2/h3-14,21H,15-16H2,1-2H3/t21-/m1/s1. The fourth-order valence-electron chi connectivity index (χ4n) is 3.59. The zero-order valence-corrected chi connectivity index (χ0v) is 17.4. The van der Waals surface area contributed by atoms with Gasteiger partial charge < -0.3 is 14.1 Å². The minimum Gasteiger partial charge on any atom is -0.497 e. The lowest BCUT2D eigenvalue weighted by Crippen LogP contribution is -2.39. The van der Waals surface area contributed by atoms with Gasteiger partial charge in [0.2, 0.25) is 0 Å². The molecule has 0 saturated heterocycles. The van der Waals surface area contributed by atoms with Crippen LogP contribution in [-0.2, 0) is 4.79 Å². The summed E-state index contributed by atoms with van der Waals surface area (Å²) in [5.41, 5.74) is 2.68. The number of furan rings is 1. The SMILES string of the molecule is COc1cccc(C2=NN(C(=O)CN(C)C(=O)c3ccco3)[C@@H](c3ccccc3)C2)c1. The molecule has 4 rings (SSSR count). The first-order valence-electron chi connectivity index (χ1n) is 9.94. The number of amides is 2. The topological polar surface area (TPSA) is 75.3 Å². The van der Waals surface area contributed by atoms with Crippen molar-refractivity contribution in [3.8, 4) is 5.75 Å². The minimum atomic E-state index is -0.356. The number of benzene rings is 2. The third-order valence-corrected chi connectivity index (χ3v) is 5.20. The van der Waals surface area contributed by atoms with Gasteiger partial charge in [-0.15, -0.1) is 0 Å². The maximum atomic E-state index is 13.2. The average molecular weight is 417 g/mol. The maximum absolute atomic E-state index is 13.2. The van der Waals surface area contributed by atoms with Crippen molar-refractivity contribution in [1.82, 2.24) is 9.91 Å². The highest BCUT2D eigenvalue weighted by Crippen LogP contribution is 2.33. The molecule has 1 aromatic heterocycles. The fourth-order valence-corrected chi connectivity index (χ4v) is 3.59. The monoisotopic (exact) mass is 417 g/mol. The molecule has 0 saturated carbocycles. The summed E-state index contributed by atoms with van der Waals surface area (Å²) in [6.45, 7) is -0.113. The van der Waals surface area contributed by atoms with Crippen LogP contribution in [0.25, 0.3) is 0 Å². The molecular weight excluding hydrogens is 394 g/mol. The van der Waals surface area contributed by atoms with Gasteiger partial charge in [-0.2, -0.15) is 5.10 Å². The average Bonchev–Trinajstić information content (AvgIpc) is 3.49. The summed E-state index contributed by atoms with van der Waals surface area (Å²) < 4.78 is 10.5. The second kappa shape index (κ2) is 8.87. The Kier molecular flexibility index (Phi) is 5.84. The summed E-state index contributed by atoms with van der Waals surface area (Å²) >= 11 is 0. The highest BCUT2D eigenvalue weighted by Gasteiger charge is 2.34. The van der Waals surface area contributed by atoms with E-state index in [1.807, 2.05) is 54.6 Å². The number of nitrogens with zero attached hydrogens (tertiary/aromatic N) is 3. The van der Waals surface area contributed by atoms with Crippen LogP contribution in [0, 0.1) is 0 Å². The number of methoxy groups -OCH3 is 1. The van der Waals surface area contributed by atoms with Crippen LogP contribution in [0.3, 0.4) is 0 Å². The number of hydrazone groups is 1. The van der Waals surface area contributed by atoms with Gasteiger partial charge in [0, 0.05) is 19.0 Å². The van der Waals surface area contributed by atoms with Crippen molar-refractivity contribution in [3.63, 3.8) is 0 Å². The summed E-state index contributed by atoms with van der Waals surface area (Å²) in [7, 11) is 3.19. The molecule has 7 heteroatoms. The molecule has 1 atom stereocenters. The summed E-state index contributed by atoms with van der Waals surface area (Å²) in [4.78, 5) is 27.0. The predicted octanol–water partition coefficient (Wildman–Crippen LogP) is 3.74. The smallest absolute Gasteiger partial charge is 0.289 e. The second-order valence-corrected chi connectivity index (χ2v) is 7.29. The van der Waals surface area contributed by atoms with Crippen LogP contribution in [-0.4, -0.2) is 48.1 Å². The van der Waals surface area contributed by atoms with Gasteiger partial charge in [0.1, 0.15) is 12.3 Å². The van der Waals surface area contributed by atoms with Gasteiger partial charge in [-0.1, -0.05) is 42.5 Å². The zero-order valence-electron chi connectivity index (χ0n) is 17.4. The summed E-state index contributed by atoms with van der Waals surface area (Å²) in [5, 5.41) is 6.13. The highest BCUT2D eigenvalue weighted by molar-refractivity contribution is 6.04. The molecule has 0 spiro atoms. The quantitative estimate of drug-likeness (QED) is 0.612. The van der Waals surface area contributed by atoms with E-state index in [1.54, 1.807) is 26.3 Å². The molecule has 0 aliphatic carbocycles. The van der Waals surface area contributed by atoms with E-state index in [2.05, 4.69) is 5.10 Å². The van der Waals surface area contributed by atoms with Crippen molar-refractivity contribution >= 4 is 17.5 Å². The van der Waals surface area contributed by atoms with E-state index in [1.165, 1.54) is 16.2 Å². The molecular formula is C24H23N3O4. The molecule has 2 heterocycles. The van der Waals surface area contributed by atoms with Gasteiger partial charge in [0.15, 0.2) is 5.76 Å². The molecule has 1 aliphatic rings. The van der Waals surface area contributed by atoms with Crippen molar-refractivity contribution in [2.45, 2.75) is 12.5 Å². The number of likely N-dealkylation sites (N-methyl/N-ethyl adjacent to an activating group) is 1. The Morgan fingerprint density at radius 3 is 2.65 bits per heavy atom. The predicted molar refractivity (Wildman–Crippen MR) is 116 cm³/mol. The van der Waals surface area contributed by atoms with Crippen molar-refractivity contribution < 1.29 is 18.7 Å². The normalized spacial score (nSPS) is 15.5. The van der Waals surface area contributed by atoms with Gasteiger partial charge in [-0.25, -0.2) is 5.01 Å². The lowest BCUT2D eigenvalue weighted by molar-refractivity contribution is -0.133. The summed E-state index contributed by atoms with van der Waals surface area (Å²) in [5.74, 6) is 0.293. The van der Waals surface area contributed by atoms with E-state index in [4.69, 9.17) is 9.15 Å². The van der Waals surface area contributed by atoms with Crippen molar-refractivity contribution in [2.24, 2.45) is 5.10 Å². The van der Waals surface area contributed by atoms with Gasteiger partial charge in [-0.05, 0) is 29.8 Å². The number of hydrogen-bond donors (Lipinski definition) is 0. The van der Waals surface area contributed by atoms with E-state index in [-0.39, 0.29) is 30.2 Å². The molecule has 0 unspecified atom stereocenters. The first-order chi connectivity index (χ1) is 15.1. The third-order valence-electron chi connectivity index (χ3n) is 5.20. The molecule has 7 nitrogen and oxygen atoms in total. The van der Waals surface area contributed by atoms with Crippen molar-refractivity contribution in [3.05, 3.63) is 89.9 Å². The largest absolute Gasteiger partial charge is 0.497 e. The Morgan fingerprint density at radius 2 is 1.94 bits per heavy atom. The number of ether oxygens (including phenoxy) is 1. The van der Waals surface area contributed by atoms with Crippen LogP contribution in [0.1, 0.15) is 34.1 Å². The van der Waals surface area contributed by atoms with E-state index in [0.29, 0.717) is 6.42 Å². The van der Waals surface area contributed by atoms with Crippen LogP contribution in [0.15, 0.2) is 82.5 Å². The fraction of sp³-hybridized carbons (Fsp3) is 0.208. The summed E-state index contributed by atoms with van der Waals surface area (Å²) in [6.07, 6.45) is 2.00. The number of carbonyl (C=O) groups excluding carboxylic acids is 2. The Hall–Kier alpha value is -3.87.